The van der Waals surface area contributed by atoms with Crippen molar-refractivity contribution in [2.45, 2.75) is 125 Å². The number of ether oxygens (including phenoxy) is 4. The molecule has 0 amide bonds. The second kappa shape index (κ2) is 13.7. The Morgan fingerprint density at radius 2 is 1.28 bits per heavy atom. The minimum atomic E-state index is -2.11. The number of rotatable bonds is 7. The van der Waals surface area contributed by atoms with Crippen LogP contribution >= 0.6 is 0 Å². The van der Waals surface area contributed by atoms with Crippen molar-refractivity contribution in [1.82, 2.24) is 0 Å². The van der Waals surface area contributed by atoms with Crippen LogP contribution in [-0.2, 0) is 38.1 Å². The van der Waals surface area contributed by atoms with Gasteiger partial charge >= 0.3 is 29.8 Å². The van der Waals surface area contributed by atoms with Crippen molar-refractivity contribution in [1.29, 1.82) is 0 Å². The number of carboxylic acids is 3. The van der Waals surface area contributed by atoms with Crippen molar-refractivity contribution >= 4 is 23.7 Å². The highest BCUT2D eigenvalue weighted by molar-refractivity contribution is 5.92. The summed E-state index contributed by atoms with van der Waals surface area (Å²) in [5.41, 5.74) is -5.39. The highest BCUT2D eigenvalue weighted by Crippen LogP contribution is 2.74. The zero-order chi connectivity index (χ0) is 42.9. The van der Waals surface area contributed by atoms with Crippen molar-refractivity contribution in [3.8, 4) is 0 Å². The molecular weight excluding hydrogens is 760 g/mol. The monoisotopic (exact) mass is 814 g/mol. The molecule has 310 valence electrons. The smallest absolute Gasteiger partial charge is 0.405 e. The fraction of sp³-hybridized carbons (Fsp3) is 0.690. The standard InChI is InChI=1S/C42H51O16/c1-37(2)21-8-11-42(7)31(20(43)16-18-19-17-39(4,36(53)54)13-12-38(19,3)14-15-41(18,42)6)40(21,5)10-9-22(37)55-35-30(26(47)25(46)29(57-35)33(51)52)58-34-27(48)23(44)24(45)28(56-34)32(49)50/h19,21-31,34-35,44-48H,1-15,17H2/q+5/p+3/t19-,21-,22-,23-,24-,25-,26-,27+,28-,29-,30+,31+,34?,35+,38?,39+,40-,41+,42?/m0/s1. The van der Waals surface area contributed by atoms with Crippen LogP contribution in [0.5, 0.6) is 0 Å². The van der Waals surface area contributed by atoms with E-state index in [2.05, 4.69) is 33.8 Å². The molecule has 19 atom stereocenters. The average Bonchev–Trinajstić information content (AvgIpc) is 3.13. The van der Waals surface area contributed by atoms with E-state index in [4.69, 9.17) is 39.7 Å². The van der Waals surface area contributed by atoms with Gasteiger partial charge in [-0.3, -0.25) is 0 Å². The van der Waals surface area contributed by atoms with Gasteiger partial charge in [0.2, 0.25) is 16.4 Å². The van der Waals surface area contributed by atoms with Crippen LogP contribution in [0, 0.1) is 105 Å². The molecule has 3 unspecified atom stereocenters. The van der Waals surface area contributed by atoms with Crippen molar-refractivity contribution in [3.63, 3.8) is 0 Å². The molecule has 2 saturated heterocycles. The summed E-state index contributed by atoms with van der Waals surface area (Å²) in [5.74, 6) is -6.46. The van der Waals surface area contributed by atoms with Crippen LogP contribution < -0.4 is 0 Å². The first-order valence-corrected chi connectivity index (χ1v) is 19.6. The normalized spacial score (nSPS) is 52.3. The third kappa shape index (κ3) is 5.98. The van der Waals surface area contributed by atoms with Gasteiger partial charge in [-0.2, -0.15) is 0 Å². The number of aliphatic hydroxyl groups is 5. The maximum Gasteiger partial charge on any atom is 0.405 e. The van der Waals surface area contributed by atoms with Gasteiger partial charge in [-0.1, -0.05) is 0 Å². The van der Waals surface area contributed by atoms with Crippen molar-refractivity contribution in [2.24, 2.45) is 50.2 Å². The van der Waals surface area contributed by atoms with Crippen LogP contribution in [0.3, 0.4) is 0 Å². The third-order valence-electron chi connectivity index (χ3n) is 15.4. The lowest BCUT2D eigenvalue weighted by atomic mass is 9.33. The number of allylic oxidation sites excluding steroid dienone is 2. The summed E-state index contributed by atoms with van der Waals surface area (Å²) in [6.45, 7) is 31.7. The second-order valence-corrected chi connectivity index (χ2v) is 18.6. The number of hydrogen-bond donors (Lipinski definition) is 8. The van der Waals surface area contributed by atoms with E-state index in [-0.39, 0.29) is 25.0 Å². The van der Waals surface area contributed by atoms with Crippen LogP contribution in [0.25, 0.3) is 0 Å². The Hall–Kier alpha value is -3.54. The lowest BCUT2D eigenvalue weighted by Gasteiger charge is -2.56. The van der Waals surface area contributed by atoms with E-state index in [0.717, 1.165) is 0 Å². The molecule has 6 fully saturated rings. The first-order valence-electron chi connectivity index (χ1n) is 19.6. The number of carbonyl (C=O) groups is 4. The quantitative estimate of drug-likeness (QED) is 0.130. The predicted octanol–water partition coefficient (Wildman–Crippen LogP) is 0.748. The van der Waals surface area contributed by atoms with E-state index in [9.17, 15) is 60.0 Å². The Kier molecular flexibility index (Phi) is 10.1. The number of Topliss-reactive ketones (excluding diaryl/α,β-unsaturated/α-hetero) is 1. The molecule has 0 bridgehead atoms. The fourth-order valence-corrected chi connectivity index (χ4v) is 11.8. The van der Waals surface area contributed by atoms with Crippen molar-refractivity contribution in [2.75, 3.05) is 0 Å². The first-order chi connectivity index (χ1) is 26.8. The lowest BCUT2D eigenvalue weighted by molar-refractivity contribution is -0.369. The van der Waals surface area contributed by atoms with Gasteiger partial charge < -0.3 is 59.8 Å². The maximum absolute atomic E-state index is 14.6. The van der Waals surface area contributed by atoms with E-state index in [1.54, 1.807) is 0 Å². The van der Waals surface area contributed by atoms with E-state index in [1.165, 1.54) is 0 Å². The van der Waals surface area contributed by atoms with Gasteiger partial charge in [0.15, 0.2) is 36.1 Å². The molecule has 8 N–H and O–H groups in total. The van der Waals surface area contributed by atoms with E-state index in [1.807, 2.05) is 0 Å². The molecule has 0 aromatic heterocycles. The summed E-state index contributed by atoms with van der Waals surface area (Å²) in [6.07, 6.45) is -14.7. The summed E-state index contributed by atoms with van der Waals surface area (Å²) < 4.78 is 22.9. The van der Waals surface area contributed by atoms with Crippen LogP contribution in [0.15, 0.2) is 5.57 Å². The highest BCUT2D eigenvalue weighted by atomic mass is 16.8. The molecule has 58 heavy (non-hydrogen) atoms. The predicted molar refractivity (Wildman–Crippen MR) is 196 cm³/mol. The summed E-state index contributed by atoms with van der Waals surface area (Å²) in [7, 11) is 0. The van der Waals surface area contributed by atoms with Crippen LogP contribution in [0.4, 0.5) is 0 Å². The Labute approximate surface area is 337 Å². The Morgan fingerprint density at radius 1 is 0.690 bits per heavy atom. The van der Waals surface area contributed by atoms with E-state index < -0.39 is 136 Å². The topological polar surface area (TPSA) is 267 Å². The highest BCUT2D eigenvalue weighted by Gasteiger charge is 2.86. The zero-order valence-electron chi connectivity index (χ0n) is 32.2. The van der Waals surface area contributed by atoms with Gasteiger partial charge in [0, 0.05) is 25.7 Å². The van der Waals surface area contributed by atoms with Crippen LogP contribution in [0.1, 0.15) is 57.8 Å². The number of carboxylic acid groups (broad SMARTS) is 3. The molecule has 0 aromatic carbocycles. The van der Waals surface area contributed by atoms with Crippen LogP contribution in [-0.4, -0.2) is 132 Å². The molecule has 0 radical (unpaired) electrons. The van der Waals surface area contributed by atoms with Gasteiger partial charge in [0.1, 0.15) is 67.4 Å². The number of ketones is 1. The Balaban J connectivity index is 1.17. The van der Waals surface area contributed by atoms with Crippen molar-refractivity contribution in [3.05, 3.63) is 60.1 Å². The molecule has 7 aliphatic rings. The summed E-state index contributed by atoms with van der Waals surface area (Å²) in [6, 6.07) is 0. The largest absolute Gasteiger partial charge is 0.479 e. The lowest BCUT2D eigenvalue weighted by Crippen LogP contribution is -2.68. The zero-order valence-corrected chi connectivity index (χ0v) is 32.2. The van der Waals surface area contributed by atoms with Gasteiger partial charge in [0.25, 0.3) is 5.41 Å². The number of aliphatic carboxylic acids is 3. The summed E-state index contributed by atoms with van der Waals surface area (Å²) >= 11 is 0. The summed E-state index contributed by atoms with van der Waals surface area (Å²) in [4.78, 5) is 50.8. The fourth-order valence-electron chi connectivity index (χ4n) is 11.8. The molecule has 16 nitrogen and oxygen atoms in total. The number of fused-ring (bicyclic) bond motifs is 7. The molecule has 16 heteroatoms. The molecule has 0 spiro atoms. The number of carbonyl (C=O) groups excluding carboxylic acids is 1. The Bertz CT molecular complexity index is 1730. The van der Waals surface area contributed by atoms with Gasteiger partial charge in [-0.25, -0.2) is 19.2 Å². The summed E-state index contributed by atoms with van der Waals surface area (Å²) in [5, 5.41) is 82.5. The first kappa shape index (κ1) is 42.6. The SMILES string of the molecule is [CH2+]C12CC[C@@]([CH2+])(C(=O)O)C[C@H]1C1=[C+]C(=O)[C@H]3C([CH2+])(CC[C@H]4C([CH2+])([CH2+])[C@@H](O[C@@H]5O[C@H](C(=O)O)[C@@H](O)[C@H](O)[C@H]5OC5O[C@H](C(=O)O)[C@@H](O)[C@H](O)[C@H]5O)CC[C@@]43[CH2+])[C@]1([CH2+])CC2. The second-order valence-electron chi connectivity index (χ2n) is 18.6. The molecular formula is C42H54O16+8. The molecule has 7 rings (SSSR count). The van der Waals surface area contributed by atoms with Gasteiger partial charge in [-0.05, 0) is 32.1 Å². The van der Waals surface area contributed by atoms with E-state index >= 15 is 0 Å². The van der Waals surface area contributed by atoms with Crippen molar-refractivity contribution < 1.29 is 79.0 Å². The Morgan fingerprint density at radius 3 is 1.88 bits per heavy atom. The third-order valence-corrected chi connectivity index (χ3v) is 15.4. The molecule has 4 saturated carbocycles. The van der Waals surface area contributed by atoms with E-state index in [0.29, 0.717) is 44.1 Å². The minimum Gasteiger partial charge on any atom is -0.479 e. The minimum absolute atomic E-state index is 0.109. The average molecular weight is 815 g/mol. The van der Waals surface area contributed by atoms with Gasteiger partial charge in [-0.15, -0.1) is 0 Å². The molecule has 0 aromatic rings. The number of hydrogen-bond acceptors (Lipinski definition) is 13. The maximum atomic E-state index is 14.6. The molecule has 5 aliphatic carbocycles. The van der Waals surface area contributed by atoms with Crippen LogP contribution in [0.2, 0.25) is 0 Å². The molecule has 2 aliphatic heterocycles. The molecule has 2 heterocycles. The van der Waals surface area contributed by atoms with Gasteiger partial charge in [0.05, 0.1) is 46.5 Å². The number of aliphatic hydroxyl groups excluding tert-OH is 5.